The number of aliphatic hydroxyl groups excluding tert-OH is 39. The molecule has 13 saturated heterocycles. The highest BCUT2D eigenvalue weighted by Gasteiger charge is 2.64. The fraction of sp³-hybridized carbons (Fsp3) is 0.976. The Morgan fingerprint density at radius 2 is 0.367 bits per heavy atom. The van der Waals surface area contributed by atoms with Gasteiger partial charge in [-0.25, -0.2) is 0 Å². The van der Waals surface area contributed by atoms with E-state index in [2.05, 4.69) is 10.6 Å². The Balaban J connectivity index is 0.899. The number of carbonyl (C=O) groups excluding carboxylic acids is 2. The molecule has 0 radical (unpaired) electrons. The maximum absolute atomic E-state index is 13.3. The van der Waals surface area contributed by atoms with E-state index in [1.165, 1.54) is 0 Å². The quantitative estimate of drug-likeness (QED) is 0.0272. The van der Waals surface area contributed by atoms with Crippen LogP contribution < -0.4 is 10.6 Å². The number of amides is 2. The van der Waals surface area contributed by atoms with Crippen LogP contribution in [0.2, 0.25) is 0 Å². The van der Waals surface area contributed by atoms with E-state index in [9.17, 15) is 209 Å². The van der Waals surface area contributed by atoms with E-state index in [-0.39, 0.29) is 0 Å². The molecular formula is C82H138N2O66. The maximum atomic E-state index is 13.3. The normalized spacial score (nSPS) is 52.1. The number of hydrogen-bond acceptors (Lipinski definition) is 66. The van der Waals surface area contributed by atoms with Gasteiger partial charge in [0.05, 0.1) is 85.9 Å². The lowest BCUT2D eigenvalue weighted by Crippen LogP contribution is -2.70. The Morgan fingerprint density at radius 1 is 0.173 bits per heavy atom. The van der Waals surface area contributed by atoms with E-state index >= 15 is 0 Å². The summed E-state index contributed by atoms with van der Waals surface area (Å²) >= 11 is 0. The first-order chi connectivity index (χ1) is 71.1. The fourth-order valence-corrected chi connectivity index (χ4v) is 19.3. The molecule has 0 aromatic rings. The molecule has 872 valence electrons. The molecule has 0 unspecified atom stereocenters. The van der Waals surface area contributed by atoms with Crippen LogP contribution in [-0.2, 0) is 128 Å². The molecule has 2 amide bonds. The number of rotatable bonds is 39. The molecule has 0 aliphatic carbocycles. The van der Waals surface area contributed by atoms with Crippen LogP contribution in [0.5, 0.6) is 0 Å². The number of carbonyl (C=O) groups is 2. The molecule has 13 fully saturated rings. The zero-order valence-electron chi connectivity index (χ0n) is 79.2. The second-order valence-corrected chi connectivity index (χ2v) is 38.0. The summed E-state index contributed by atoms with van der Waals surface area (Å²) in [4.78, 5) is 25.7. The Kier molecular flexibility index (Phi) is 44.2. The van der Waals surface area contributed by atoms with Crippen molar-refractivity contribution in [1.82, 2.24) is 10.6 Å². The lowest BCUT2D eigenvalue weighted by Gasteiger charge is -2.51. The second-order valence-electron chi connectivity index (χ2n) is 38.0. The number of hydrogen-bond donors (Lipinski definition) is 41. The summed E-state index contributed by atoms with van der Waals surface area (Å²) in [6.07, 6.45) is -145. The van der Waals surface area contributed by atoms with E-state index in [1.54, 1.807) is 0 Å². The highest BCUT2D eigenvalue weighted by Crippen LogP contribution is 2.43. The van der Waals surface area contributed by atoms with E-state index in [1.807, 2.05) is 0 Å². The minimum atomic E-state index is -2.88. The monoisotopic (exact) mass is 2210 g/mol. The zero-order chi connectivity index (χ0) is 110. The van der Waals surface area contributed by atoms with Crippen LogP contribution in [0.4, 0.5) is 0 Å². The van der Waals surface area contributed by atoms with Crippen molar-refractivity contribution >= 4 is 11.8 Å². The lowest BCUT2D eigenvalue weighted by atomic mass is 9.94. The largest absolute Gasteiger partial charge is 0.394 e. The van der Waals surface area contributed by atoms with E-state index < -0.39 is 497 Å². The van der Waals surface area contributed by atoms with Crippen LogP contribution in [0, 0.1) is 0 Å². The van der Waals surface area contributed by atoms with E-state index in [4.69, 9.17) is 118 Å². The molecule has 13 heterocycles. The zero-order valence-corrected chi connectivity index (χ0v) is 79.2. The first-order valence-corrected chi connectivity index (χ1v) is 47.7. The number of nitrogens with one attached hydrogen (secondary N) is 2. The molecule has 13 aliphatic rings. The molecule has 68 heteroatoms. The second kappa shape index (κ2) is 53.8. The van der Waals surface area contributed by atoms with Crippen molar-refractivity contribution in [2.75, 3.05) is 85.9 Å². The first-order valence-electron chi connectivity index (χ1n) is 47.7. The van der Waals surface area contributed by atoms with Gasteiger partial charge in [-0.2, -0.15) is 0 Å². The van der Waals surface area contributed by atoms with Gasteiger partial charge < -0.3 is 328 Å². The number of aliphatic hydroxyl groups is 39. The standard InChI is InChI=1S/C82H138N2O66/c1-16(95)83-31-44(108)61(26(11-93)129-70(31)125)142-71-32(84-17(2)96)45(109)62(27(12-94)138-71)143-77-60(124)64(145-82-69(150-81-68(53(117)40(104)25(10-92)137-81)149-76-58(122)49(113)36(100)21(6-88)133-76)54(118)41(105)28(141-82)13-127-78-65(50(114)37(101)22(7-89)134-78)146-73-55(119)46(110)33(97)18(3-85)130-73)43(107)30(140-77)14-126-72-59(123)63(144-80-67(52(116)39(103)24(9-91)136-80)148-75-57(121)48(112)35(99)20(5-87)132-75)42(106)29(139-72)15-128-79-66(51(115)38(102)23(8-90)135-79)147-74-56(120)47(111)34(98)19(4-86)131-74/h18-82,85-94,97-125H,3-15H2,1-2H3,(H,83,95)(H,84,96)/t18-,19-,20-,21-,22-,23-,24-,25-,26-,27-,28-,29-,30-,31-,32-,33-,34-,35-,36-,37-,38-,39-,40-,41-,42-,43-,44-,45-,46+,47+,48+,49+,50+,51+,52+,53+,54+,55+,56+,57+,58+,59+,60+,61-,62-,63+,64+,65+,66+,67+,68+,69+,70-,71+,72+,73-,74-,75-,76-,77+,78+,79+,80-,81-,82-/m1/s1. The molecule has 150 heavy (non-hydrogen) atoms. The van der Waals surface area contributed by atoms with E-state index in [0.29, 0.717) is 0 Å². The van der Waals surface area contributed by atoms with Crippen molar-refractivity contribution in [1.29, 1.82) is 0 Å². The highest BCUT2D eigenvalue weighted by molar-refractivity contribution is 5.73. The molecule has 68 nitrogen and oxygen atoms in total. The molecule has 0 aromatic heterocycles. The van der Waals surface area contributed by atoms with Crippen molar-refractivity contribution in [3.05, 3.63) is 0 Å². The van der Waals surface area contributed by atoms with Crippen molar-refractivity contribution in [2.24, 2.45) is 0 Å². The minimum Gasteiger partial charge on any atom is -0.394 e. The van der Waals surface area contributed by atoms with Crippen molar-refractivity contribution in [3.63, 3.8) is 0 Å². The van der Waals surface area contributed by atoms with Crippen molar-refractivity contribution in [3.8, 4) is 0 Å². The molecule has 41 N–H and O–H groups in total. The summed E-state index contributed by atoms with van der Waals surface area (Å²) in [5, 5.41) is 444. The smallest absolute Gasteiger partial charge is 0.217 e. The van der Waals surface area contributed by atoms with Gasteiger partial charge in [-0.15, -0.1) is 0 Å². The maximum Gasteiger partial charge on any atom is 0.217 e. The molecule has 65 atom stereocenters. The van der Waals surface area contributed by atoms with Gasteiger partial charge in [0.2, 0.25) is 11.8 Å². The van der Waals surface area contributed by atoms with Crippen LogP contribution >= 0.6 is 0 Å². The Morgan fingerprint density at radius 3 is 0.680 bits per heavy atom. The summed E-state index contributed by atoms with van der Waals surface area (Å²) in [6.45, 7) is -14.0. The van der Waals surface area contributed by atoms with Gasteiger partial charge in [0.25, 0.3) is 0 Å². The van der Waals surface area contributed by atoms with Crippen LogP contribution in [-0.4, -0.2) is 696 Å². The third-order valence-electron chi connectivity index (χ3n) is 28.0. The Hall–Kier alpha value is -3.62. The van der Waals surface area contributed by atoms with Gasteiger partial charge >= 0.3 is 0 Å². The van der Waals surface area contributed by atoms with Crippen LogP contribution in [0.15, 0.2) is 0 Å². The first kappa shape index (κ1) is 123. The average molecular weight is 2210 g/mol. The molecular weight excluding hydrogens is 2070 g/mol. The number of ether oxygens (including phenoxy) is 25. The molecule has 0 aromatic carbocycles. The summed E-state index contributed by atoms with van der Waals surface area (Å²) < 4.78 is 148. The van der Waals surface area contributed by atoms with Gasteiger partial charge in [-0.1, -0.05) is 0 Å². The third-order valence-corrected chi connectivity index (χ3v) is 28.0. The van der Waals surface area contributed by atoms with Gasteiger partial charge in [0.1, 0.15) is 317 Å². The predicted molar refractivity (Wildman–Crippen MR) is 451 cm³/mol. The fourth-order valence-electron chi connectivity index (χ4n) is 19.3. The van der Waals surface area contributed by atoms with E-state index in [0.717, 1.165) is 13.8 Å². The summed E-state index contributed by atoms with van der Waals surface area (Å²) in [5.74, 6) is -1.93. The van der Waals surface area contributed by atoms with Gasteiger partial charge in [-0.3, -0.25) is 9.59 Å². The lowest BCUT2D eigenvalue weighted by molar-refractivity contribution is -0.411. The van der Waals surface area contributed by atoms with Crippen molar-refractivity contribution < 1.29 is 327 Å². The summed E-state index contributed by atoms with van der Waals surface area (Å²) in [6, 6.07) is -3.88. The topological polar surface area (TPSA) is 1080 Å². The summed E-state index contributed by atoms with van der Waals surface area (Å²) in [5.41, 5.74) is 0. The van der Waals surface area contributed by atoms with Crippen LogP contribution in [0.3, 0.4) is 0 Å². The van der Waals surface area contributed by atoms with Gasteiger partial charge in [-0.05, 0) is 0 Å². The SMILES string of the molecule is CC(=O)N[C@@H]1[C@@H](O)[C@H](O[C@@H]2O[C@H](CO)[C@@H](O[C@@H]3O[C@H](CO[C@H]4O[C@H](CO[C@H]5O[C@H](CO)[C@@H](O)[C@H](O)[C@@H]5O[C@H]5O[C@H](CO)[C@@H](O)[C@H](O)[C@@H]5O)[C@@H](O)[C@H](O[C@H]5O[C@H](CO)[C@@H](O)[C@H](O)[C@@H]5O[C@H]5O[C@H](CO)[C@@H](O)[C@H](O)[C@@H]5O)[C@@H]4O)[C@@H](O)[C@H](O[C@H]4O[C@H](CO[C@H]5O[C@H](CO)[C@@H](O)[C@H](O)[C@@H]5O[C@H]5O[C@H](CO)[C@@H](O)[C@H](O)[C@@H]5O)[C@@H](O)[C@H](O)[C@@H]4O[C@H]4O[C@H](CO)[C@@H](O)[C@H](O)[C@@H]4O[C@H]4O[C@H](CO)[C@@H](O)[C@H](O)[C@@H]4O)[C@@H]3O)[C@H](O)[C@H]2NC(C)=O)[C@@H](CO)O[C@H]1O. The Bertz CT molecular complexity index is 4070. The predicted octanol–water partition coefficient (Wildman–Crippen LogP) is -29.0. The third kappa shape index (κ3) is 26.4. The summed E-state index contributed by atoms with van der Waals surface area (Å²) in [7, 11) is 0. The highest BCUT2D eigenvalue weighted by atomic mass is 16.8. The van der Waals surface area contributed by atoms with Crippen molar-refractivity contribution in [2.45, 2.75) is 413 Å². The average Bonchev–Trinajstić information content (AvgIpc) is 0.765. The minimum absolute atomic E-state index is 0.865. The molecule has 0 spiro atoms. The van der Waals surface area contributed by atoms with Crippen LogP contribution in [0.25, 0.3) is 0 Å². The molecule has 0 saturated carbocycles. The van der Waals surface area contributed by atoms with Gasteiger partial charge in [0.15, 0.2) is 81.8 Å². The molecule has 13 rings (SSSR count). The van der Waals surface area contributed by atoms with Gasteiger partial charge in [0, 0.05) is 13.8 Å². The van der Waals surface area contributed by atoms with Crippen LogP contribution in [0.1, 0.15) is 13.8 Å². The molecule has 0 bridgehead atoms. The molecule has 13 aliphatic heterocycles. The Labute approximate surface area is 845 Å².